The fourth-order valence-electron chi connectivity index (χ4n) is 7.46. The first-order chi connectivity index (χ1) is 26.1. The number of amidine groups is 1. The van der Waals surface area contributed by atoms with Gasteiger partial charge in [-0.15, -0.1) is 0 Å². The zero-order valence-electron chi connectivity index (χ0n) is 33.3. The number of aliphatic imine (C=N–C) groups is 1. The van der Waals surface area contributed by atoms with Crippen molar-refractivity contribution >= 4 is 90.3 Å². The van der Waals surface area contributed by atoms with Crippen molar-refractivity contribution in [3.05, 3.63) is 87.2 Å². The van der Waals surface area contributed by atoms with E-state index >= 15 is 0 Å². The minimum absolute atomic E-state index is 0. The molecule has 0 fully saturated rings. The zero-order chi connectivity index (χ0) is 42.5. The molecule has 1 atom stereocenters. The molecule has 0 saturated carbocycles. The molecule has 15 nitrogen and oxygen atoms in total. The van der Waals surface area contributed by atoms with E-state index in [1.165, 1.54) is 6.07 Å². The number of benzene rings is 2. The minimum Gasteiger partial charge on any atom is -1.00 e. The molecule has 3 aliphatic heterocycles. The number of hydrogen-bond acceptors (Lipinski definition) is 11. The van der Waals surface area contributed by atoms with Crippen molar-refractivity contribution in [2.75, 3.05) is 29.5 Å². The first-order valence-electron chi connectivity index (χ1n) is 17.6. The molecule has 4 N–H and O–H groups in total. The van der Waals surface area contributed by atoms with Gasteiger partial charge in [-0.2, -0.15) is 33.7 Å². The Kier molecular flexibility index (Phi) is 15.0. The van der Waals surface area contributed by atoms with Crippen molar-refractivity contribution in [1.82, 2.24) is 4.90 Å². The second-order valence-corrected chi connectivity index (χ2v) is 22.4. The predicted octanol–water partition coefficient (Wildman–Crippen LogP) is 3.73. The van der Waals surface area contributed by atoms with E-state index in [0.29, 0.717) is 57.8 Å². The molecule has 0 aromatic heterocycles. The van der Waals surface area contributed by atoms with Crippen LogP contribution in [0.2, 0.25) is 0 Å². The maximum absolute atomic E-state index is 12.5. The van der Waals surface area contributed by atoms with Crippen LogP contribution in [-0.2, 0) is 45.9 Å². The Morgan fingerprint density at radius 3 is 2.05 bits per heavy atom. The summed E-state index contributed by atoms with van der Waals surface area (Å²) in [4.78, 5) is 7.30. The van der Waals surface area contributed by atoms with Crippen LogP contribution in [0.4, 0.5) is 5.69 Å². The van der Waals surface area contributed by atoms with Crippen LogP contribution in [0.15, 0.2) is 96.4 Å². The van der Waals surface area contributed by atoms with Gasteiger partial charge in [0.15, 0.2) is 0 Å². The number of hydrogen-bond donors (Lipinski definition) is 4. The molecule has 314 valence electrons. The molecule has 0 bridgehead atoms. The molecule has 3 heterocycles. The zero-order valence-corrected chi connectivity index (χ0v) is 39.9. The molecule has 0 radical (unpaired) electrons. The summed E-state index contributed by atoms with van der Waals surface area (Å²) in [5, 5.41) is 0.676. The van der Waals surface area contributed by atoms with E-state index in [0.717, 1.165) is 11.6 Å². The van der Waals surface area contributed by atoms with Gasteiger partial charge in [0.1, 0.15) is 10.7 Å². The molecule has 58 heavy (non-hydrogen) atoms. The van der Waals surface area contributed by atoms with Crippen molar-refractivity contribution in [1.29, 1.82) is 0 Å². The molecule has 0 aliphatic carbocycles. The van der Waals surface area contributed by atoms with Gasteiger partial charge in [-0.3, -0.25) is 18.2 Å². The summed E-state index contributed by atoms with van der Waals surface area (Å²) in [6.07, 6.45) is 12.0. The Bertz CT molecular complexity index is 2650. The SMILES string of the molecule is CC1(C)C(=CC=C(Br)C=CC2N(CCCCS(=O)(=O)O)c3ccc4c(S(=O)(=O)O)cc(S(=O)(=O)O)cc4c3C2(C)C)N=C2C1=CC(Cl)=CN2CCCCS(=O)(=O)O.[H-].[Na+]. The van der Waals surface area contributed by atoms with E-state index in [1.54, 1.807) is 24.4 Å². The molecule has 0 saturated heterocycles. The summed E-state index contributed by atoms with van der Waals surface area (Å²) in [6, 6.07) is 4.44. The predicted molar refractivity (Wildman–Crippen MR) is 224 cm³/mol. The molecule has 1 unspecified atom stereocenters. The second-order valence-electron chi connectivity index (χ2n) is 15.1. The van der Waals surface area contributed by atoms with Crippen molar-refractivity contribution in [3.8, 4) is 0 Å². The minimum atomic E-state index is -4.95. The van der Waals surface area contributed by atoms with Crippen molar-refractivity contribution in [2.24, 2.45) is 10.4 Å². The van der Waals surface area contributed by atoms with Gasteiger partial charge in [0.2, 0.25) is 0 Å². The first kappa shape index (κ1) is 48.7. The van der Waals surface area contributed by atoms with Crippen LogP contribution >= 0.6 is 27.5 Å². The van der Waals surface area contributed by atoms with Gasteiger partial charge in [0, 0.05) is 51.2 Å². The number of nitrogens with zero attached hydrogens (tertiary/aromatic N) is 3. The van der Waals surface area contributed by atoms with E-state index in [-0.39, 0.29) is 66.9 Å². The summed E-state index contributed by atoms with van der Waals surface area (Å²) < 4.78 is 134. The third kappa shape index (κ3) is 11.1. The molecule has 0 spiro atoms. The normalized spacial score (nSPS) is 20.2. The maximum Gasteiger partial charge on any atom is 1.00 e. The molecule has 5 rings (SSSR count). The smallest absolute Gasteiger partial charge is 1.00 e. The molecule has 2 aromatic carbocycles. The summed E-state index contributed by atoms with van der Waals surface area (Å²) in [7, 11) is -18.2. The maximum atomic E-state index is 12.5. The molecular weight excluding hydrogens is 933 g/mol. The van der Waals surface area contributed by atoms with E-state index in [4.69, 9.17) is 21.1 Å². The Morgan fingerprint density at radius 1 is 0.879 bits per heavy atom. The Hall–Kier alpha value is -1.92. The van der Waals surface area contributed by atoms with Crippen LogP contribution in [0.3, 0.4) is 0 Å². The quantitative estimate of drug-likeness (QED) is 0.0862. The monoisotopic (exact) mass is 975 g/mol. The van der Waals surface area contributed by atoms with Gasteiger partial charge in [0.25, 0.3) is 40.5 Å². The van der Waals surface area contributed by atoms with Crippen LogP contribution in [0, 0.1) is 5.41 Å². The third-order valence-corrected chi connectivity index (χ3v) is 14.3. The van der Waals surface area contributed by atoms with Crippen LogP contribution in [0.5, 0.6) is 0 Å². The van der Waals surface area contributed by atoms with E-state index < -0.39 is 72.9 Å². The number of anilines is 1. The first-order valence-corrected chi connectivity index (χ1v) is 24.8. The van der Waals surface area contributed by atoms with Gasteiger partial charge in [-0.25, -0.2) is 4.99 Å². The molecular formula is C36H44BrClN3NaO12S4. The Morgan fingerprint density at radius 2 is 1.48 bits per heavy atom. The number of allylic oxidation sites excluding steroid dienone is 7. The number of fused-ring (bicyclic) bond motifs is 4. The van der Waals surface area contributed by atoms with Gasteiger partial charge in [-0.05, 0) is 79.1 Å². The van der Waals surface area contributed by atoms with Gasteiger partial charge < -0.3 is 11.2 Å². The topological polar surface area (TPSA) is 236 Å². The van der Waals surface area contributed by atoms with Crippen LogP contribution in [-0.4, -0.2) is 93.3 Å². The Balaban J connectivity index is 0.00000465. The third-order valence-electron chi connectivity index (χ3n) is 10.2. The summed E-state index contributed by atoms with van der Waals surface area (Å²) in [5.41, 5.74) is 1.23. The molecule has 3 aliphatic rings. The van der Waals surface area contributed by atoms with Gasteiger partial charge in [-0.1, -0.05) is 67.4 Å². The van der Waals surface area contributed by atoms with Crippen molar-refractivity contribution in [2.45, 2.75) is 74.6 Å². The Labute approximate surface area is 376 Å². The van der Waals surface area contributed by atoms with Crippen molar-refractivity contribution < 1.29 is 82.9 Å². The largest absolute Gasteiger partial charge is 1.00 e. The van der Waals surface area contributed by atoms with E-state index in [2.05, 4.69) is 15.9 Å². The van der Waals surface area contributed by atoms with E-state index in [1.807, 2.05) is 55.7 Å². The molecule has 2 aromatic rings. The fourth-order valence-corrected chi connectivity index (χ4v) is 10.5. The van der Waals surface area contributed by atoms with Gasteiger partial charge >= 0.3 is 29.6 Å². The standard InChI is InChI=1S/C36H43BrClN3O12S4.Na.H/c1-35(2)28-19-24(38)22-40(15-5-7-17-54(42,43)44)34(28)39-31(35)13-9-23(37)10-14-32-36(3,4)33-27-20-25(56(48,49)50)21-30(57(51,52)53)26(27)11-12-29(33)41(32)16-6-8-18-55(45,46)47;;/h9-14,19-22,32H,5-8,15-18H2,1-4H3,(H,42,43,44)(H,45,46,47)(H,48,49,50)(H,51,52,53);;/q;+1;-1. The average molecular weight is 977 g/mol. The number of halogens is 2. The summed E-state index contributed by atoms with van der Waals surface area (Å²) in [5.74, 6) is -0.147. The average Bonchev–Trinajstić information content (AvgIpc) is 3.45. The fraction of sp³-hybridized carbons (Fsp3) is 0.417. The summed E-state index contributed by atoms with van der Waals surface area (Å²) >= 11 is 10.1. The second kappa shape index (κ2) is 17.8. The number of rotatable bonds is 15. The van der Waals surface area contributed by atoms with Gasteiger partial charge in [0.05, 0.1) is 33.2 Å². The van der Waals surface area contributed by atoms with E-state index in [9.17, 15) is 47.3 Å². The summed E-state index contributed by atoms with van der Waals surface area (Å²) in [6.45, 7) is 8.42. The van der Waals surface area contributed by atoms with Crippen LogP contribution in [0.1, 0.15) is 60.4 Å². The van der Waals surface area contributed by atoms with Crippen LogP contribution < -0.4 is 34.5 Å². The number of unbranched alkanes of at least 4 members (excludes halogenated alkanes) is 2. The van der Waals surface area contributed by atoms with Crippen LogP contribution in [0.25, 0.3) is 10.8 Å². The molecule has 0 amide bonds. The molecule has 22 heteroatoms. The van der Waals surface area contributed by atoms with Crippen molar-refractivity contribution in [3.63, 3.8) is 0 Å².